The van der Waals surface area contributed by atoms with E-state index in [1.165, 1.54) is 0 Å². The van der Waals surface area contributed by atoms with Gasteiger partial charge < -0.3 is 10.6 Å². The van der Waals surface area contributed by atoms with Crippen LogP contribution in [0, 0.1) is 0 Å². The third-order valence-corrected chi connectivity index (χ3v) is 1.90. The summed E-state index contributed by atoms with van der Waals surface area (Å²) in [6.07, 6.45) is 2.12. The maximum absolute atomic E-state index is 10.8. The van der Waals surface area contributed by atoms with Gasteiger partial charge in [0.15, 0.2) is 0 Å². The lowest BCUT2D eigenvalue weighted by molar-refractivity contribution is -0.129. The highest BCUT2D eigenvalue weighted by Crippen LogP contribution is 2.07. The van der Waals surface area contributed by atoms with Crippen LogP contribution in [-0.4, -0.2) is 29.9 Å². The molecule has 66 valence electrons. The summed E-state index contributed by atoms with van der Waals surface area (Å²) < 4.78 is 0. The number of rotatable bonds is 0. The van der Waals surface area contributed by atoms with Crippen molar-refractivity contribution in [1.29, 1.82) is 0 Å². The molecule has 1 aliphatic rings. The summed E-state index contributed by atoms with van der Waals surface area (Å²) in [5.41, 5.74) is 5.67. The Labute approximate surface area is 73.3 Å². The summed E-state index contributed by atoms with van der Waals surface area (Å²) in [5, 5.41) is 0. The number of carbonyl (C=O) groups is 1. The number of halogens is 1. The zero-order valence-corrected chi connectivity index (χ0v) is 7.56. The minimum Gasteiger partial charge on any atom is -0.341 e. The van der Waals surface area contributed by atoms with Crippen LogP contribution in [0.15, 0.2) is 0 Å². The van der Waals surface area contributed by atoms with Gasteiger partial charge >= 0.3 is 0 Å². The van der Waals surface area contributed by atoms with Gasteiger partial charge in [-0.2, -0.15) is 0 Å². The number of nitrogens with zero attached hydrogens (tertiary/aromatic N) is 1. The molecule has 1 amide bonds. The number of piperidine rings is 1. The Bertz CT molecular complexity index is 140. The van der Waals surface area contributed by atoms with Crippen LogP contribution in [0.4, 0.5) is 0 Å². The van der Waals surface area contributed by atoms with Crippen LogP contribution in [0.1, 0.15) is 19.8 Å². The van der Waals surface area contributed by atoms with Gasteiger partial charge in [0.05, 0.1) is 0 Å². The van der Waals surface area contributed by atoms with Crippen molar-refractivity contribution in [3.05, 3.63) is 0 Å². The molecule has 1 atom stereocenters. The van der Waals surface area contributed by atoms with Gasteiger partial charge in [-0.3, -0.25) is 4.79 Å². The highest BCUT2D eigenvalue weighted by atomic mass is 35.5. The van der Waals surface area contributed by atoms with Crippen molar-refractivity contribution in [3.63, 3.8) is 0 Å². The van der Waals surface area contributed by atoms with Gasteiger partial charge in [-0.25, -0.2) is 0 Å². The van der Waals surface area contributed by atoms with Gasteiger partial charge in [0.25, 0.3) is 0 Å². The topological polar surface area (TPSA) is 46.3 Å². The first-order valence-electron chi connectivity index (χ1n) is 3.71. The molecule has 0 aromatic carbocycles. The molecule has 4 heteroatoms. The van der Waals surface area contributed by atoms with Crippen molar-refractivity contribution in [2.75, 3.05) is 13.1 Å². The minimum atomic E-state index is 0. The average molecular weight is 179 g/mol. The Morgan fingerprint density at radius 1 is 1.64 bits per heavy atom. The Morgan fingerprint density at radius 3 is 2.64 bits per heavy atom. The summed E-state index contributed by atoms with van der Waals surface area (Å²) >= 11 is 0. The van der Waals surface area contributed by atoms with Crippen LogP contribution in [0.2, 0.25) is 0 Å². The normalized spacial score (nSPS) is 24.2. The van der Waals surface area contributed by atoms with Crippen molar-refractivity contribution < 1.29 is 4.79 Å². The first-order chi connectivity index (χ1) is 4.70. The van der Waals surface area contributed by atoms with Crippen molar-refractivity contribution in [2.24, 2.45) is 5.73 Å². The van der Waals surface area contributed by atoms with E-state index in [1.807, 2.05) is 4.90 Å². The molecule has 0 bridgehead atoms. The molecular formula is C7H15ClN2O. The molecule has 1 rings (SSSR count). The van der Waals surface area contributed by atoms with Gasteiger partial charge in [0.1, 0.15) is 0 Å². The van der Waals surface area contributed by atoms with Crippen LogP contribution >= 0.6 is 12.4 Å². The number of hydrogen-bond donors (Lipinski definition) is 1. The molecule has 11 heavy (non-hydrogen) atoms. The summed E-state index contributed by atoms with van der Waals surface area (Å²) in [7, 11) is 0. The highest BCUT2D eigenvalue weighted by Gasteiger charge is 2.17. The Hall–Kier alpha value is -0.280. The fraction of sp³-hybridized carbons (Fsp3) is 0.857. The number of likely N-dealkylation sites (tertiary alicyclic amines) is 1. The van der Waals surface area contributed by atoms with Gasteiger partial charge in [-0.15, -0.1) is 12.4 Å². The SMILES string of the molecule is CC(=O)N1CCCC(N)C1.Cl. The van der Waals surface area contributed by atoms with E-state index in [1.54, 1.807) is 6.92 Å². The Kier molecular flexibility index (Phi) is 4.45. The predicted molar refractivity (Wildman–Crippen MR) is 46.7 cm³/mol. The number of amides is 1. The molecule has 0 aromatic heterocycles. The van der Waals surface area contributed by atoms with Crippen LogP contribution in [0.3, 0.4) is 0 Å². The summed E-state index contributed by atoms with van der Waals surface area (Å²) in [6.45, 7) is 3.23. The largest absolute Gasteiger partial charge is 0.341 e. The third-order valence-electron chi connectivity index (χ3n) is 1.90. The second-order valence-corrected chi connectivity index (χ2v) is 2.87. The van der Waals surface area contributed by atoms with Gasteiger partial charge in [0.2, 0.25) is 5.91 Å². The lowest BCUT2D eigenvalue weighted by Gasteiger charge is -2.29. The monoisotopic (exact) mass is 178 g/mol. The molecule has 2 N–H and O–H groups in total. The second kappa shape index (κ2) is 4.57. The standard InChI is InChI=1S/C7H14N2O.ClH/c1-6(10)9-4-2-3-7(8)5-9;/h7H,2-5,8H2,1H3;1H. The molecule has 1 unspecified atom stereocenters. The van der Waals surface area contributed by atoms with E-state index in [-0.39, 0.29) is 24.4 Å². The van der Waals surface area contributed by atoms with Crippen molar-refractivity contribution in [1.82, 2.24) is 4.90 Å². The Balaban J connectivity index is 0.000001000. The van der Waals surface area contributed by atoms with E-state index in [4.69, 9.17) is 5.73 Å². The van der Waals surface area contributed by atoms with E-state index in [9.17, 15) is 4.79 Å². The number of nitrogens with two attached hydrogens (primary N) is 1. The lowest BCUT2D eigenvalue weighted by Crippen LogP contribution is -2.44. The van der Waals surface area contributed by atoms with E-state index < -0.39 is 0 Å². The van der Waals surface area contributed by atoms with Crippen LogP contribution in [-0.2, 0) is 4.79 Å². The first-order valence-corrected chi connectivity index (χ1v) is 3.71. The fourth-order valence-electron chi connectivity index (χ4n) is 1.30. The van der Waals surface area contributed by atoms with Crippen LogP contribution < -0.4 is 5.73 Å². The zero-order valence-electron chi connectivity index (χ0n) is 6.75. The zero-order chi connectivity index (χ0) is 7.56. The summed E-state index contributed by atoms with van der Waals surface area (Å²) in [6, 6.07) is 0.206. The highest BCUT2D eigenvalue weighted by molar-refractivity contribution is 5.85. The molecule has 1 aliphatic heterocycles. The minimum absolute atomic E-state index is 0. The molecular weight excluding hydrogens is 164 g/mol. The first kappa shape index (κ1) is 10.7. The van der Waals surface area contributed by atoms with Crippen molar-refractivity contribution in [3.8, 4) is 0 Å². The quantitative estimate of drug-likeness (QED) is 0.583. The molecule has 3 nitrogen and oxygen atoms in total. The fourth-order valence-corrected chi connectivity index (χ4v) is 1.30. The smallest absolute Gasteiger partial charge is 0.219 e. The molecule has 1 fully saturated rings. The maximum atomic E-state index is 10.8. The molecule has 1 saturated heterocycles. The molecule has 0 spiro atoms. The maximum Gasteiger partial charge on any atom is 0.219 e. The Morgan fingerprint density at radius 2 is 2.27 bits per heavy atom. The van der Waals surface area contributed by atoms with E-state index in [0.717, 1.165) is 25.9 Å². The molecule has 0 saturated carbocycles. The van der Waals surface area contributed by atoms with Gasteiger partial charge in [-0.1, -0.05) is 0 Å². The molecule has 0 aromatic rings. The van der Waals surface area contributed by atoms with Crippen molar-refractivity contribution >= 4 is 18.3 Å². The van der Waals surface area contributed by atoms with Gasteiger partial charge in [0, 0.05) is 26.1 Å². The predicted octanol–water partition coefficient (Wildman–Crippen LogP) is 0.378. The van der Waals surface area contributed by atoms with Gasteiger partial charge in [-0.05, 0) is 12.8 Å². The molecule has 0 aliphatic carbocycles. The van der Waals surface area contributed by atoms with E-state index in [0.29, 0.717) is 0 Å². The second-order valence-electron chi connectivity index (χ2n) is 2.87. The summed E-state index contributed by atoms with van der Waals surface area (Å²) in [5.74, 6) is 0.148. The van der Waals surface area contributed by atoms with E-state index >= 15 is 0 Å². The number of carbonyl (C=O) groups excluding carboxylic acids is 1. The van der Waals surface area contributed by atoms with Crippen molar-refractivity contribution in [2.45, 2.75) is 25.8 Å². The summed E-state index contributed by atoms with van der Waals surface area (Å²) in [4.78, 5) is 12.6. The average Bonchev–Trinajstić information content (AvgIpc) is 1.88. The lowest BCUT2D eigenvalue weighted by atomic mass is 10.1. The van der Waals surface area contributed by atoms with Crippen LogP contribution in [0.25, 0.3) is 0 Å². The third kappa shape index (κ3) is 3.08. The van der Waals surface area contributed by atoms with Crippen LogP contribution in [0.5, 0.6) is 0 Å². The number of hydrogen-bond acceptors (Lipinski definition) is 2. The molecule has 0 radical (unpaired) electrons. The van der Waals surface area contributed by atoms with E-state index in [2.05, 4.69) is 0 Å². The molecule has 1 heterocycles.